The number of carbonyl (C=O) groups excluding carboxylic acids is 3. The lowest BCUT2D eigenvalue weighted by Crippen LogP contribution is -3.11. The number of methoxy groups -OCH3 is 1. The zero-order chi connectivity index (χ0) is 18.3. The zero-order valence-corrected chi connectivity index (χ0v) is 14.7. The van der Waals surface area contributed by atoms with Crippen LogP contribution in [0.25, 0.3) is 0 Å². The third-order valence-electron chi connectivity index (χ3n) is 3.21. The molecule has 0 aliphatic carbocycles. The maximum Gasteiger partial charge on any atom is 0.279 e. The highest BCUT2D eigenvalue weighted by atomic mass is 16.5. The van der Waals surface area contributed by atoms with Crippen LogP contribution >= 0.6 is 0 Å². The van der Waals surface area contributed by atoms with Crippen molar-refractivity contribution in [1.29, 1.82) is 0 Å². The highest BCUT2D eigenvalue weighted by Crippen LogP contribution is 2.27. The molecule has 1 unspecified atom stereocenters. The first-order chi connectivity index (χ1) is 11.2. The molecule has 0 aromatic heterocycles. The number of nitrogens with zero attached hydrogens (tertiary/aromatic N) is 1. The fourth-order valence-corrected chi connectivity index (χ4v) is 2.03. The number of anilines is 2. The summed E-state index contributed by atoms with van der Waals surface area (Å²) in [5.74, 6) is -0.0221. The minimum atomic E-state index is -0.252. The van der Waals surface area contributed by atoms with Crippen molar-refractivity contribution in [1.82, 2.24) is 4.90 Å². The van der Waals surface area contributed by atoms with Gasteiger partial charge in [0.1, 0.15) is 5.75 Å². The summed E-state index contributed by atoms with van der Waals surface area (Å²) < 4.78 is 5.21. The second-order valence-corrected chi connectivity index (χ2v) is 5.74. The van der Waals surface area contributed by atoms with Crippen LogP contribution in [0.4, 0.5) is 11.4 Å². The molecule has 0 saturated heterocycles. The number of nitrogens with one attached hydrogen (secondary N) is 3. The highest BCUT2D eigenvalue weighted by Gasteiger charge is 2.17. The molecule has 0 aliphatic rings. The van der Waals surface area contributed by atoms with Crippen molar-refractivity contribution in [3.63, 3.8) is 0 Å². The maximum absolute atomic E-state index is 12.2. The van der Waals surface area contributed by atoms with E-state index in [0.717, 1.165) is 4.90 Å². The van der Waals surface area contributed by atoms with Gasteiger partial charge >= 0.3 is 0 Å². The van der Waals surface area contributed by atoms with E-state index >= 15 is 0 Å². The molecule has 24 heavy (non-hydrogen) atoms. The number of benzene rings is 1. The first kappa shape index (κ1) is 19.4. The van der Waals surface area contributed by atoms with Gasteiger partial charge in [-0.1, -0.05) is 0 Å². The van der Waals surface area contributed by atoms with E-state index < -0.39 is 0 Å². The second-order valence-electron chi connectivity index (χ2n) is 5.74. The molecular formula is C16H25N4O4+. The Bertz CT molecular complexity index is 616. The summed E-state index contributed by atoms with van der Waals surface area (Å²) in [4.78, 5) is 37.2. The van der Waals surface area contributed by atoms with E-state index in [9.17, 15) is 14.4 Å². The number of carbonyl (C=O) groups is 3. The van der Waals surface area contributed by atoms with Crippen LogP contribution in [0.15, 0.2) is 18.2 Å². The van der Waals surface area contributed by atoms with Crippen LogP contribution < -0.4 is 20.3 Å². The number of amides is 3. The summed E-state index contributed by atoms with van der Waals surface area (Å²) in [6.07, 6.45) is 0. The van der Waals surface area contributed by atoms with Gasteiger partial charge in [-0.15, -0.1) is 0 Å². The van der Waals surface area contributed by atoms with Crippen LogP contribution in [-0.4, -0.2) is 64.0 Å². The number of likely N-dealkylation sites (N-methyl/N-ethyl adjacent to an activating group) is 2. The smallest absolute Gasteiger partial charge is 0.279 e. The first-order valence-corrected chi connectivity index (χ1v) is 7.50. The van der Waals surface area contributed by atoms with Gasteiger partial charge in [0.05, 0.1) is 19.8 Å². The quantitative estimate of drug-likeness (QED) is 0.607. The highest BCUT2D eigenvalue weighted by molar-refractivity contribution is 5.95. The molecule has 0 aliphatic heterocycles. The van der Waals surface area contributed by atoms with Crippen molar-refractivity contribution in [3.05, 3.63) is 18.2 Å². The number of hydrogen-bond acceptors (Lipinski definition) is 4. The molecule has 1 atom stereocenters. The normalized spacial score (nSPS) is 11.4. The van der Waals surface area contributed by atoms with Gasteiger partial charge in [-0.3, -0.25) is 14.4 Å². The summed E-state index contributed by atoms with van der Waals surface area (Å²) in [5.41, 5.74) is 1.02. The van der Waals surface area contributed by atoms with Crippen LogP contribution in [-0.2, 0) is 14.4 Å². The molecule has 1 aromatic carbocycles. The molecular weight excluding hydrogens is 312 g/mol. The van der Waals surface area contributed by atoms with Crippen LogP contribution in [0, 0.1) is 0 Å². The van der Waals surface area contributed by atoms with E-state index in [2.05, 4.69) is 10.6 Å². The zero-order valence-electron chi connectivity index (χ0n) is 14.7. The van der Waals surface area contributed by atoms with Crippen molar-refractivity contribution < 1.29 is 24.0 Å². The summed E-state index contributed by atoms with van der Waals surface area (Å²) in [6.45, 7) is 1.76. The van der Waals surface area contributed by atoms with E-state index in [1.54, 1.807) is 39.3 Å². The molecule has 0 saturated carbocycles. The monoisotopic (exact) mass is 337 g/mol. The van der Waals surface area contributed by atoms with Gasteiger partial charge in [-0.2, -0.15) is 0 Å². The molecule has 1 rings (SSSR count). The molecule has 132 valence electrons. The van der Waals surface area contributed by atoms with Gasteiger partial charge in [-0.05, 0) is 18.2 Å². The minimum absolute atomic E-state index is 0.0504. The Balaban J connectivity index is 2.74. The van der Waals surface area contributed by atoms with Crippen molar-refractivity contribution >= 4 is 29.1 Å². The Morgan fingerprint density at radius 2 is 1.83 bits per heavy atom. The summed E-state index contributed by atoms with van der Waals surface area (Å²) in [5, 5.41) is 5.40. The predicted octanol–water partition coefficient (Wildman–Crippen LogP) is -0.805. The Labute approximate surface area is 141 Å². The van der Waals surface area contributed by atoms with Crippen LogP contribution in [0.3, 0.4) is 0 Å². The SMILES string of the molecule is COc1ccc(NC(C)=O)cc1NC(=O)C[NH+](C)CC(=O)N(C)C. The van der Waals surface area contributed by atoms with E-state index in [0.29, 0.717) is 17.1 Å². The molecule has 0 bridgehead atoms. The van der Waals surface area contributed by atoms with E-state index in [1.807, 2.05) is 0 Å². The van der Waals surface area contributed by atoms with Crippen molar-refractivity contribution in [2.24, 2.45) is 0 Å². The van der Waals surface area contributed by atoms with Crippen molar-refractivity contribution in [2.75, 3.05) is 52.0 Å². The fourth-order valence-electron chi connectivity index (χ4n) is 2.03. The van der Waals surface area contributed by atoms with Crippen LogP contribution in [0.2, 0.25) is 0 Å². The third-order valence-corrected chi connectivity index (χ3v) is 3.21. The number of quaternary nitrogens is 1. The molecule has 3 amide bonds. The Morgan fingerprint density at radius 1 is 1.17 bits per heavy atom. The van der Waals surface area contributed by atoms with Gasteiger partial charge in [-0.25, -0.2) is 0 Å². The molecule has 0 spiro atoms. The molecule has 0 fully saturated rings. The van der Waals surface area contributed by atoms with Gasteiger partial charge < -0.3 is 25.2 Å². The average Bonchev–Trinajstić information content (AvgIpc) is 2.46. The minimum Gasteiger partial charge on any atom is -0.495 e. The van der Waals surface area contributed by atoms with Gasteiger partial charge in [0, 0.05) is 26.7 Å². The molecule has 8 heteroatoms. The van der Waals surface area contributed by atoms with Crippen LogP contribution in [0.5, 0.6) is 5.75 Å². The van der Waals surface area contributed by atoms with E-state index in [1.165, 1.54) is 18.9 Å². The fraction of sp³-hybridized carbons (Fsp3) is 0.438. The lowest BCUT2D eigenvalue weighted by Gasteiger charge is -2.17. The number of hydrogen-bond donors (Lipinski definition) is 3. The lowest BCUT2D eigenvalue weighted by molar-refractivity contribution is -0.862. The topological polar surface area (TPSA) is 92.2 Å². The first-order valence-electron chi connectivity index (χ1n) is 7.50. The average molecular weight is 337 g/mol. The molecule has 0 radical (unpaired) electrons. The Hall–Kier alpha value is -2.61. The largest absolute Gasteiger partial charge is 0.495 e. The summed E-state index contributed by atoms with van der Waals surface area (Å²) in [7, 11) is 6.62. The molecule has 3 N–H and O–H groups in total. The van der Waals surface area contributed by atoms with E-state index in [4.69, 9.17) is 4.74 Å². The number of rotatable bonds is 7. The second kappa shape index (κ2) is 8.88. The van der Waals surface area contributed by atoms with Gasteiger partial charge in [0.15, 0.2) is 13.1 Å². The Morgan fingerprint density at radius 3 is 2.38 bits per heavy atom. The van der Waals surface area contributed by atoms with Gasteiger partial charge in [0.25, 0.3) is 11.8 Å². The van der Waals surface area contributed by atoms with Crippen molar-refractivity contribution in [2.45, 2.75) is 6.92 Å². The van der Waals surface area contributed by atoms with E-state index in [-0.39, 0.29) is 30.8 Å². The predicted molar refractivity (Wildman–Crippen MR) is 91.2 cm³/mol. The molecule has 1 aromatic rings. The maximum atomic E-state index is 12.2. The molecule has 0 heterocycles. The van der Waals surface area contributed by atoms with Gasteiger partial charge in [0.2, 0.25) is 5.91 Å². The molecule has 8 nitrogen and oxygen atoms in total. The standard InChI is InChI=1S/C16H24N4O4/c1-11(21)17-12-6-7-14(24-5)13(8-12)18-15(22)9-20(4)10-16(23)19(2)3/h6-8H,9-10H2,1-5H3,(H,17,21)(H,18,22)/p+1. The lowest BCUT2D eigenvalue weighted by atomic mass is 10.2. The summed E-state index contributed by atoms with van der Waals surface area (Å²) in [6, 6.07) is 4.97. The summed E-state index contributed by atoms with van der Waals surface area (Å²) >= 11 is 0. The third kappa shape index (κ3) is 6.25. The van der Waals surface area contributed by atoms with Crippen LogP contribution in [0.1, 0.15) is 6.92 Å². The Kier molecular flexibility index (Phi) is 7.19. The van der Waals surface area contributed by atoms with Crippen molar-refractivity contribution in [3.8, 4) is 5.75 Å². The number of ether oxygens (including phenoxy) is 1.